The van der Waals surface area contributed by atoms with Crippen LogP contribution in [0.1, 0.15) is 32.1 Å². The maximum atomic E-state index is 12.6. The second-order valence-corrected chi connectivity index (χ2v) is 8.02. The highest BCUT2D eigenvalue weighted by molar-refractivity contribution is 5.91. The summed E-state index contributed by atoms with van der Waals surface area (Å²) in [6.07, 6.45) is 6.26. The van der Waals surface area contributed by atoms with Gasteiger partial charge in [-0.2, -0.15) is 0 Å². The summed E-state index contributed by atoms with van der Waals surface area (Å²) in [5.41, 5.74) is 1.97. The maximum Gasteiger partial charge on any atom is 0.245 e. The van der Waals surface area contributed by atoms with Gasteiger partial charge in [-0.05, 0) is 43.9 Å². The Morgan fingerprint density at radius 3 is 2.62 bits per heavy atom. The molecule has 29 heavy (non-hydrogen) atoms. The summed E-state index contributed by atoms with van der Waals surface area (Å²) in [5, 5.41) is 3.71. The van der Waals surface area contributed by atoms with Crippen LogP contribution in [0.3, 0.4) is 0 Å². The van der Waals surface area contributed by atoms with Crippen LogP contribution in [0.2, 0.25) is 0 Å². The van der Waals surface area contributed by atoms with Crippen molar-refractivity contribution in [2.24, 2.45) is 0 Å². The van der Waals surface area contributed by atoms with E-state index in [9.17, 15) is 9.59 Å². The van der Waals surface area contributed by atoms with Crippen LogP contribution < -0.4 is 15.0 Å². The molecular formula is C21H25N5O3. The van der Waals surface area contributed by atoms with Gasteiger partial charge < -0.3 is 19.9 Å². The third-order valence-corrected chi connectivity index (χ3v) is 6.16. The number of hydrogen-bond donors (Lipinski definition) is 1. The molecule has 8 nitrogen and oxygen atoms in total. The average Bonchev–Trinajstić information content (AvgIpc) is 3.16. The van der Waals surface area contributed by atoms with E-state index in [2.05, 4.69) is 32.3 Å². The summed E-state index contributed by atoms with van der Waals surface area (Å²) in [6.45, 7) is 2.81. The summed E-state index contributed by atoms with van der Waals surface area (Å²) in [5.74, 6) is 0.672. The number of rotatable bonds is 4. The van der Waals surface area contributed by atoms with Gasteiger partial charge in [-0.3, -0.25) is 9.59 Å². The minimum atomic E-state index is -0.349. The van der Waals surface area contributed by atoms with Crippen LogP contribution in [0.25, 0.3) is 10.9 Å². The number of fused-ring (bicyclic) bond motifs is 1. The zero-order valence-corrected chi connectivity index (χ0v) is 16.3. The highest BCUT2D eigenvalue weighted by Gasteiger charge is 2.32. The molecule has 1 aliphatic carbocycles. The molecule has 3 fully saturated rings. The lowest BCUT2D eigenvalue weighted by Crippen LogP contribution is -2.53. The molecule has 0 bridgehead atoms. The van der Waals surface area contributed by atoms with Crippen molar-refractivity contribution in [2.75, 3.05) is 31.1 Å². The predicted octanol–water partition coefficient (Wildman–Crippen LogP) is 1.49. The summed E-state index contributed by atoms with van der Waals surface area (Å²) >= 11 is 0. The number of carbonyl (C=O) groups excluding carboxylic acids is 2. The maximum absolute atomic E-state index is 12.6. The van der Waals surface area contributed by atoms with Gasteiger partial charge in [0, 0.05) is 38.3 Å². The Kier molecular flexibility index (Phi) is 4.69. The highest BCUT2D eigenvalue weighted by atomic mass is 16.5. The lowest BCUT2D eigenvalue weighted by Gasteiger charge is -2.37. The Labute approximate surface area is 169 Å². The fourth-order valence-electron chi connectivity index (χ4n) is 4.16. The van der Waals surface area contributed by atoms with Crippen LogP contribution in [0.15, 0.2) is 24.5 Å². The molecule has 1 aromatic heterocycles. The molecule has 0 spiro atoms. The lowest BCUT2D eigenvalue weighted by atomic mass is 9.96. The largest absolute Gasteiger partial charge is 0.474 e. The minimum absolute atomic E-state index is 0.0275. The van der Waals surface area contributed by atoms with Crippen molar-refractivity contribution in [1.29, 1.82) is 0 Å². The monoisotopic (exact) mass is 395 g/mol. The zero-order valence-electron chi connectivity index (χ0n) is 16.3. The van der Waals surface area contributed by atoms with E-state index < -0.39 is 0 Å². The van der Waals surface area contributed by atoms with E-state index in [0.29, 0.717) is 31.8 Å². The first-order chi connectivity index (χ1) is 14.2. The molecule has 0 radical (unpaired) electrons. The molecule has 1 aromatic carbocycles. The minimum Gasteiger partial charge on any atom is -0.474 e. The van der Waals surface area contributed by atoms with Crippen molar-refractivity contribution in [3.63, 3.8) is 0 Å². The van der Waals surface area contributed by atoms with Crippen LogP contribution >= 0.6 is 0 Å². The van der Waals surface area contributed by atoms with Gasteiger partial charge in [-0.15, -0.1) is 0 Å². The van der Waals surface area contributed by atoms with Crippen molar-refractivity contribution >= 4 is 28.4 Å². The fourth-order valence-corrected chi connectivity index (χ4v) is 4.16. The van der Waals surface area contributed by atoms with E-state index >= 15 is 0 Å². The Morgan fingerprint density at radius 2 is 1.93 bits per heavy atom. The molecule has 2 aromatic rings. The quantitative estimate of drug-likeness (QED) is 0.844. The summed E-state index contributed by atoms with van der Waals surface area (Å²) < 4.78 is 6.06. The van der Waals surface area contributed by atoms with Crippen LogP contribution in [-0.4, -0.2) is 65.0 Å². The third-order valence-electron chi connectivity index (χ3n) is 6.16. The van der Waals surface area contributed by atoms with Gasteiger partial charge in [0.2, 0.25) is 17.7 Å². The molecule has 2 amide bonds. The smallest absolute Gasteiger partial charge is 0.245 e. The number of amides is 2. The number of carbonyl (C=O) groups is 2. The Hall–Kier alpha value is -2.90. The molecule has 1 N–H and O–H groups in total. The number of hydrogen-bond acceptors (Lipinski definition) is 6. The first-order valence-electron chi connectivity index (χ1n) is 10.4. The topological polar surface area (TPSA) is 87.7 Å². The van der Waals surface area contributed by atoms with E-state index in [0.717, 1.165) is 42.5 Å². The third kappa shape index (κ3) is 3.59. The number of nitrogens with zero attached hydrogens (tertiary/aromatic N) is 4. The summed E-state index contributed by atoms with van der Waals surface area (Å²) in [7, 11) is 0. The summed E-state index contributed by atoms with van der Waals surface area (Å²) in [4.78, 5) is 36.9. The molecule has 152 valence electrons. The standard InChI is InChI=1S/C21H25N5O3/c27-19-7-6-18(24-19)21(28)26-10-8-25(9-11-26)14-4-5-17-16(12-14)20(23-13-22-17)29-15-2-1-3-15/h4-5,12-13,15,18H,1-3,6-11H2,(H,24,27). The SMILES string of the molecule is O=C1CCC(C(=O)N2CCN(c3ccc4ncnc(OC5CCC5)c4c3)CC2)N1. The summed E-state index contributed by atoms with van der Waals surface area (Å²) in [6, 6.07) is 5.82. The van der Waals surface area contributed by atoms with Crippen LogP contribution in [0.5, 0.6) is 5.88 Å². The van der Waals surface area contributed by atoms with Crippen molar-refractivity contribution in [1.82, 2.24) is 20.2 Å². The Balaban J connectivity index is 1.28. The van der Waals surface area contributed by atoms with Gasteiger partial charge in [0.1, 0.15) is 18.5 Å². The molecule has 5 rings (SSSR count). The van der Waals surface area contributed by atoms with E-state index in [-0.39, 0.29) is 24.0 Å². The molecule has 1 unspecified atom stereocenters. The first kappa shape index (κ1) is 18.1. The normalized spacial score (nSPS) is 22.5. The fraction of sp³-hybridized carbons (Fsp3) is 0.524. The number of benzene rings is 1. The van der Waals surface area contributed by atoms with E-state index in [1.807, 2.05) is 11.0 Å². The van der Waals surface area contributed by atoms with E-state index in [1.54, 1.807) is 6.33 Å². The van der Waals surface area contributed by atoms with Gasteiger partial charge in [-0.25, -0.2) is 9.97 Å². The highest BCUT2D eigenvalue weighted by Crippen LogP contribution is 2.31. The molecular weight excluding hydrogens is 370 g/mol. The van der Waals surface area contributed by atoms with Crippen LogP contribution in [0.4, 0.5) is 5.69 Å². The number of ether oxygens (including phenoxy) is 1. The Morgan fingerprint density at radius 1 is 1.10 bits per heavy atom. The molecule has 1 saturated carbocycles. The van der Waals surface area contributed by atoms with Crippen molar-refractivity contribution in [3.8, 4) is 5.88 Å². The second kappa shape index (κ2) is 7.50. The molecule has 8 heteroatoms. The second-order valence-electron chi connectivity index (χ2n) is 8.02. The number of aromatic nitrogens is 2. The Bertz CT molecular complexity index is 937. The van der Waals surface area contributed by atoms with Gasteiger partial charge in [0.25, 0.3) is 0 Å². The number of nitrogens with one attached hydrogen (secondary N) is 1. The molecule has 1 atom stereocenters. The van der Waals surface area contributed by atoms with Crippen molar-refractivity contribution in [3.05, 3.63) is 24.5 Å². The van der Waals surface area contributed by atoms with Gasteiger partial charge >= 0.3 is 0 Å². The van der Waals surface area contributed by atoms with E-state index in [1.165, 1.54) is 6.42 Å². The van der Waals surface area contributed by atoms with Crippen LogP contribution in [-0.2, 0) is 9.59 Å². The molecule has 2 aliphatic heterocycles. The van der Waals surface area contributed by atoms with Gasteiger partial charge in [0.05, 0.1) is 10.9 Å². The molecule has 2 saturated heterocycles. The van der Waals surface area contributed by atoms with Gasteiger partial charge in [0.15, 0.2) is 0 Å². The lowest BCUT2D eigenvalue weighted by molar-refractivity contribution is -0.134. The molecule has 3 aliphatic rings. The van der Waals surface area contributed by atoms with Crippen molar-refractivity contribution < 1.29 is 14.3 Å². The van der Waals surface area contributed by atoms with Crippen LogP contribution in [0, 0.1) is 0 Å². The zero-order chi connectivity index (χ0) is 19.8. The predicted molar refractivity (Wildman–Crippen MR) is 108 cm³/mol. The van der Waals surface area contributed by atoms with Crippen molar-refractivity contribution in [2.45, 2.75) is 44.2 Å². The molecule has 3 heterocycles. The average molecular weight is 395 g/mol. The number of piperazine rings is 1. The number of anilines is 1. The van der Waals surface area contributed by atoms with Gasteiger partial charge in [-0.1, -0.05) is 0 Å². The van der Waals surface area contributed by atoms with E-state index in [4.69, 9.17) is 4.74 Å². The first-order valence-corrected chi connectivity index (χ1v) is 10.4.